The monoisotopic (exact) mass is 239 g/mol. The van der Waals surface area contributed by atoms with E-state index in [4.69, 9.17) is 5.11 Å². The van der Waals surface area contributed by atoms with E-state index in [1.807, 2.05) is 18.2 Å². The second-order valence-corrected chi connectivity index (χ2v) is 6.24. The van der Waals surface area contributed by atoms with Gasteiger partial charge in [-0.2, -0.15) is 0 Å². The van der Waals surface area contributed by atoms with E-state index in [1.165, 1.54) is 0 Å². The molecule has 88 valence electrons. The van der Waals surface area contributed by atoms with Gasteiger partial charge >= 0.3 is 0 Å². The Labute approximate surface area is 100 Å². The standard InChI is InChI=1S/C12H17NO2S/c1-12(2,3)16-10-7-5-4-6-9(10)11(15)13-8-14/h4-7,14H,8H2,1-3H3,(H,13,15). The summed E-state index contributed by atoms with van der Waals surface area (Å²) in [6.07, 6.45) is 0. The van der Waals surface area contributed by atoms with Gasteiger partial charge in [0.1, 0.15) is 6.73 Å². The van der Waals surface area contributed by atoms with Crippen molar-refractivity contribution in [2.45, 2.75) is 30.4 Å². The van der Waals surface area contributed by atoms with Gasteiger partial charge < -0.3 is 10.4 Å². The molecule has 2 N–H and O–H groups in total. The van der Waals surface area contributed by atoms with Crippen molar-refractivity contribution in [1.29, 1.82) is 0 Å². The zero-order chi connectivity index (χ0) is 12.2. The number of nitrogens with one attached hydrogen (secondary N) is 1. The van der Waals surface area contributed by atoms with Gasteiger partial charge in [0.15, 0.2) is 0 Å². The Kier molecular flexibility index (Phi) is 4.38. The van der Waals surface area contributed by atoms with Crippen LogP contribution < -0.4 is 5.32 Å². The fourth-order valence-corrected chi connectivity index (χ4v) is 2.32. The summed E-state index contributed by atoms with van der Waals surface area (Å²) in [7, 11) is 0. The highest BCUT2D eigenvalue weighted by molar-refractivity contribution is 8.00. The third-order valence-electron chi connectivity index (χ3n) is 1.79. The van der Waals surface area contributed by atoms with Gasteiger partial charge in [-0.15, -0.1) is 11.8 Å². The van der Waals surface area contributed by atoms with E-state index < -0.39 is 0 Å². The van der Waals surface area contributed by atoms with E-state index in [-0.39, 0.29) is 17.4 Å². The Hall–Kier alpha value is -1.00. The minimum atomic E-state index is -0.340. The first-order valence-electron chi connectivity index (χ1n) is 5.11. The van der Waals surface area contributed by atoms with Gasteiger partial charge in [-0.25, -0.2) is 0 Å². The minimum Gasteiger partial charge on any atom is -0.376 e. The number of hydrogen-bond acceptors (Lipinski definition) is 3. The van der Waals surface area contributed by atoms with E-state index in [0.29, 0.717) is 5.56 Å². The van der Waals surface area contributed by atoms with Crippen molar-refractivity contribution < 1.29 is 9.90 Å². The molecule has 4 heteroatoms. The predicted octanol–water partition coefficient (Wildman–Crippen LogP) is 2.26. The van der Waals surface area contributed by atoms with Gasteiger partial charge in [0.05, 0.1) is 5.56 Å². The molecule has 0 unspecified atom stereocenters. The molecule has 3 nitrogen and oxygen atoms in total. The van der Waals surface area contributed by atoms with Crippen molar-refractivity contribution in [3.05, 3.63) is 29.8 Å². The number of hydrogen-bond donors (Lipinski definition) is 2. The number of amides is 1. The molecule has 0 aliphatic carbocycles. The lowest BCUT2D eigenvalue weighted by Gasteiger charge is -2.19. The van der Waals surface area contributed by atoms with Crippen molar-refractivity contribution >= 4 is 17.7 Å². The lowest BCUT2D eigenvalue weighted by atomic mass is 10.2. The van der Waals surface area contributed by atoms with Gasteiger partial charge in [0.25, 0.3) is 5.91 Å². The summed E-state index contributed by atoms with van der Waals surface area (Å²) in [4.78, 5) is 12.6. The molecule has 0 fully saturated rings. The van der Waals surface area contributed by atoms with Crippen LogP contribution in [0.25, 0.3) is 0 Å². The fraction of sp³-hybridized carbons (Fsp3) is 0.417. The van der Waals surface area contributed by atoms with Crippen molar-refractivity contribution in [3.63, 3.8) is 0 Å². The molecule has 0 spiro atoms. The molecule has 0 aromatic heterocycles. The van der Waals surface area contributed by atoms with Crippen LogP contribution in [0, 0.1) is 0 Å². The van der Waals surface area contributed by atoms with Crippen LogP contribution >= 0.6 is 11.8 Å². The Bertz CT molecular complexity index is 372. The molecular formula is C12H17NO2S. The minimum absolute atomic E-state index is 0.0512. The van der Waals surface area contributed by atoms with Gasteiger partial charge in [0.2, 0.25) is 0 Å². The summed E-state index contributed by atoms with van der Waals surface area (Å²) < 4.78 is 0.0512. The van der Waals surface area contributed by atoms with Crippen molar-refractivity contribution in [1.82, 2.24) is 5.32 Å². The van der Waals surface area contributed by atoms with Crippen molar-refractivity contribution in [3.8, 4) is 0 Å². The van der Waals surface area contributed by atoms with Crippen LogP contribution in [0.3, 0.4) is 0 Å². The van der Waals surface area contributed by atoms with E-state index in [2.05, 4.69) is 26.1 Å². The second-order valence-electron chi connectivity index (χ2n) is 4.37. The Morgan fingerprint density at radius 3 is 2.56 bits per heavy atom. The van der Waals surface area contributed by atoms with E-state index >= 15 is 0 Å². The molecule has 0 atom stereocenters. The largest absolute Gasteiger partial charge is 0.376 e. The fourth-order valence-electron chi connectivity index (χ4n) is 1.24. The average molecular weight is 239 g/mol. The highest BCUT2D eigenvalue weighted by atomic mass is 32.2. The molecule has 0 saturated heterocycles. The van der Waals surface area contributed by atoms with Gasteiger partial charge in [0, 0.05) is 9.64 Å². The van der Waals surface area contributed by atoms with E-state index in [9.17, 15) is 4.79 Å². The molecule has 16 heavy (non-hydrogen) atoms. The number of carbonyl (C=O) groups excluding carboxylic acids is 1. The molecule has 0 radical (unpaired) electrons. The van der Waals surface area contributed by atoms with Crippen molar-refractivity contribution in [2.75, 3.05) is 6.73 Å². The SMILES string of the molecule is CC(C)(C)Sc1ccccc1C(=O)NCO. The quantitative estimate of drug-likeness (QED) is 0.628. The maximum atomic E-state index is 11.7. The summed E-state index contributed by atoms with van der Waals surface area (Å²) in [6, 6.07) is 7.41. The zero-order valence-electron chi connectivity index (χ0n) is 9.78. The van der Waals surface area contributed by atoms with Crippen molar-refractivity contribution in [2.24, 2.45) is 0 Å². The Morgan fingerprint density at radius 1 is 1.38 bits per heavy atom. The first-order chi connectivity index (χ1) is 7.44. The third-order valence-corrected chi connectivity index (χ3v) is 2.98. The van der Waals surface area contributed by atoms with Crippen LogP contribution in [0.1, 0.15) is 31.1 Å². The molecule has 1 rings (SSSR count). The maximum Gasteiger partial charge on any atom is 0.254 e. The first kappa shape index (κ1) is 13.1. The van der Waals surface area contributed by atoms with Crippen LogP contribution in [-0.4, -0.2) is 22.5 Å². The molecule has 1 aromatic rings. The summed E-state index contributed by atoms with van der Waals surface area (Å²) in [5.74, 6) is -0.241. The topological polar surface area (TPSA) is 49.3 Å². The number of thioether (sulfide) groups is 1. The van der Waals surface area contributed by atoms with Crippen LogP contribution in [0.2, 0.25) is 0 Å². The second kappa shape index (κ2) is 5.37. The molecule has 0 aliphatic heterocycles. The predicted molar refractivity (Wildman–Crippen MR) is 66.6 cm³/mol. The number of aliphatic hydroxyl groups is 1. The van der Waals surface area contributed by atoms with Gasteiger partial charge in [-0.05, 0) is 12.1 Å². The lowest BCUT2D eigenvalue weighted by molar-refractivity contribution is 0.0907. The molecule has 1 amide bonds. The number of aliphatic hydroxyl groups excluding tert-OH is 1. The number of benzene rings is 1. The molecular weight excluding hydrogens is 222 g/mol. The highest BCUT2D eigenvalue weighted by Gasteiger charge is 2.17. The van der Waals surface area contributed by atoms with E-state index in [0.717, 1.165) is 4.90 Å². The summed E-state index contributed by atoms with van der Waals surface area (Å²) in [5.41, 5.74) is 0.608. The normalized spacial score (nSPS) is 11.2. The molecule has 0 heterocycles. The lowest BCUT2D eigenvalue weighted by Crippen LogP contribution is -2.25. The van der Waals surface area contributed by atoms with Crippen LogP contribution in [0.5, 0.6) is 0 Å². The molecule has 1 aromatic carbocycles. The number of rotatable bonds is 3. The maximum absolute atomic E-state index is 11.7. The highest BCUT2D eigenvalue weighted by Crippen LogP contribution is 2.33. The van der Waals surface area contributed by atoms with Crippen LogP contribution in [0.15, 0.2) is 29.2 Å². The molecule has 0 saturated carbocycles. The van der Waals surface area contributed by atoms with Gasteiger partial charge in [-0.3, -0.25) is 4.79 Å². The smallest absolute Gasteiger partial charge is 0.254 e. The summed E-state index contributed by atoms with van der Waals surface area (Å²) in [6.45, 7) is 5.95. The van der Waals surface area contributed by atoms with E-state index in [1.54, 1.807) is 17.8 Å². The van der Waals surface area contributed by atoms with Crippen LogP contribution in [0.4, 0.5) is 0 Å². The summed E-state index contributed by atoms with van der Waals surface area (Å²) in [5, 5.41) is 11.1. The Morgan fingerprint density at radius 2 is 2.00 bits per heavy atom. The average Bonchev–Trinajstić information content (AvgIpc) is 2.16. The van der Waals surface area contributed by atoms with Crippen LogP contribution in [-0.2, 0) is 0 Å². The Balaban J connectivity index is 2.96. The zero-order valence-corrected chi connectivity index (χ0v) is 10.6. The third kappa shape index (κ3) is 3.87. The van der Waals surface area contributed by atoms with Gasteiger partial charge in [-0.1, -0.05) is 32.9 Å². The first-order valence-corrected chi connectivity index (χ1v) is 5.93. The number of carbonyl (C=O) groups is 1. The summed E-state index contributed by atoms with van der Waals surface area (Å²) >= 11 is 1.64. The molecule has 0 aliphatic rings. The molecule has 0 bridgehead atoms.